The molecule has 0 spiro atoms. The van der Waals surface area contributed by atoms with Gasteiger partial charge in [-0.15, -0.1) is 0 Å². The van der Waals surface area contributed by atoms with Crippen molar-refractivity contribution >= 4 is 12.4 Å². The molecule has 0 fully saturated rings. The van der Waals surface area contributed by atoms with Gasteiger partial charge in [0.25, 0.3) is 0 Å². The van der Waals surface area contributed by atoms with Gasteiger partial charge in [0.1, 0.15) is 6.29 Å². The van der Waals surface area contributed by atoms with Crippen LogP contribution in [0.1, 0.15) is 22.8 Å². The average molecular weight is 213 g/mol. The normalized spacial score (nSPS) is 12.3. The molecule has 0 unspecified atom stereocenters. The highest BCUT2D eigenvalue weighted by Crippen LogP contribution is 2.10. The van der Waals surface area contributed by atoms with Crippen molar-refractivity contribution in [3.8, 4) is 0 Å². The average Bonchev–Trinajstić information content (AvgIpc) is 2.30. The van der Waals surface area contributed by atoms with Gasteiger partial charge in [0.15, 0.2) is 0 Å². The maximum Gasteiger partial charge on any atom is 0.150 e. The molecule has 1 aromatic carbocycles. The Labute approximate surface area is 95.8 Å². The first-order chi connectivity index (χ1) is 7.67. The van der Waals surface area contributed by atoms with Crippen LogP contribution in [0.25, 0.3) is 6.08 Å². The molecule has 0 heterocycles. The van der Waals surface area contributed by atoms with Crippen molar-refractivity contribution in [1.82, 2.24) is 0 Å². The Morgan fingerprint density at radius 3 is 2.31 bits per heavy atom. The summed E-state index contributed by atoms with van der Waals surface area (Å²) < 4.78 is 0. The zero-order valence-electron chi connectivity index (χ0n) is 9.31. The molecule has 0 aliphatic heterocycles. The fourth-order valence-electron chi connectivity index (χ4n) is 1.24. The van der Waals surface area contributed by atoms with Crippen LogP contribution < -0.4 is 5.73 Å². The van der Waals surface area contributed by atoms with Crippen LogP contribution in [0.4, 0.5) is 0 Å². The smallest absolute Gasteiger partial charge is 0.150 e. The van der Waals surface area contributed by atoms with E-state index in [1.807, 2.05) is 31.2 Å². The van der Waals surface area contributed by atoms with Gasteiger partial charge in [-0.25, -0.2) is 0 Å². The highest BCUT2D eigenvalue weighted by molar-refractivity contribution is 5.75. The Bertz CT molecular complexity index is 438. The number of hydrogen-bond donors (Lipinski definition) is 1. The van der Waals surface area contributed by atoms with Crippen LogP contribution in [0.15, 0.2) is 54.3 Å². The second-order valence-electron chi connectivity index (χ2n) is 3.47. The Balaban J connectivity index is 2.93. The van der Waals surface area contributed by atoms with Gasteiger partial charge in [-0.3, -0.25) is 4.79 Å². The van der Waals surface area contributed by atoms with Crippen molar-refractivity contribution < 1.29 is 4.79 Å². The van der Waals surface area contributed by atoms with E-state index in [1.54, 1.807) is 18.2 Å². The Kier molecular flexibility index (Phi) is 4.28. The largest absolute Gasteiger partial charge is 0.398 e. The fraction of sp³-hybridized carbons (Fsp3) is 0.0714. The number of allylic oxidation sites excluding steroid dienone is 3. The van der Waals surface area contributed by atoms with Gasteiger partial charge in [-0.05, 0) is 24.1 Å². The molecule has 0 saturated heterocycles. The van der Waals surface area contributed by atoms with Crippen LogP contribution >= 0.6 is 0 Å². The number of benzene rings is 1. The molecular formula is C14H15NO. The van der Waals surface area contributed by atoms with Crippen LogP contribution in [-0.4, -0.2) is 6.29 Å². The Morgan fingerprint density at radius 1 is 1.25 bits per heavy atom. The first-order valence-electron chi connectivity index (χ1n) is 4.99. The highest BCUT2D eigenvalue weighted by Gasteiger charge is 1.95. The lowest BCUT2D eigenvalue weighted by molar-refractivity contribution is 0.112. The molecule has 0 aliphatic rings. The lowest BCUT2D eigenvalue weighted by atomic mass is 10.1. The first kappa shape index (κ1) is 12.0. The van der Waals surface area contributed by atoms with Gasteiger partial charge < -0.3 is 5.73 Å². The Hall–Kier alpha value is -2.09. The van der Waals surface area contributed by atoms with Crippen molar-refractivity contribution in [3.63, 3.8) is 0 Å². The number of aldehydes is 1. The molecule has 0 bridgehead atoms. The minimum absolute atomic E-state index is 0.661. The molecule has 0 atom stereocenters. The van der Waals surface area contributed by atoms with Gasteiger partial charge in [0.05, 0.1) is 0 Å². The van der Waals surface area contributed by atoms with E-state index < -0.39 is 0 Å². The second-order valence-corrected chi connectivity index (χ2v) is 3.47. The van der Waals surface area contributed by atoms with E-state index >= 15 is 0 Å². The quantitative estimate of drug-likeness (QED) is 0.617. The zero-order valence-corrected chi connectivity index (χ0v) is 9.31. The van der Waals surface area contributed by atoms with Crippen LogP contribution in [0.2, 0.25) is 0 Å². The maximum absolute atomic E-state index is 10.5. The molecule has 2 heteroatoms. The van der Waals surface area contributed by atoms with E-state index in [2.05, 4.69) is 6.58 Å². The summed E-state index contributed by atoms with van der Waals surface area (Å²) in [4.78, 5) is 10.5. The molecule has 0 aromatic heterocycles. The monoisotopic (exact) mass is 213 g/mol. The predicted octanol–water partition coefficient (Wildman–Crippen LogP) is 2.93. The number of carbonyl (C=O) groups is 1. The number of nitrogens with two attached hydrogens (primary N) is 1. The van der Waals surface area contributed by atoms with Crippen LogP contribution in [0, 0.1) is 0 Å². The van der Waals surface area contributed by atoms with E-state index in [1.165, 1.54) is 0 Å². The Morgan fingerprint density at radius 2 is 1.81 bits per heavy atom. The summed E-state index contributed by atoms with van der Waals surface area (Å²) >= 11 is 0. The molecule has 0 amide bonds. The molecule has 1 aromatic rings. The topological polar surface area (TPSA) is 43.1 Å². The lowest BCUT2D eigenvalue weighted by Gasteiger charge is -2.01. The summed E-state index contributed by atoms with van der Waals surface area (Å²) in [6.45, 7) is 5.54. The van der Waals surface area contributed by atoms with E-state index in [-0.39, 0.29) is 0 Å². The summed E-state index contributed by atoms with van der Waals surface area (Å²) in [5.41, 5.74) is 9.18. The van der Waals surface area contributed by atoms with E-state index in [0.717, 1.165) is 17.4 Å². The van der Waals surface area contributed by atoms with Gasteiger partial charge in [0.2, 0.25) is 0 Å². The van der Waals surface area contributed by atoms with Crippen LogP contribution in [0.3, 0.4) is 0 Å². The van der Waals surface area contributed by atoms with Crippen LogP contribution in [-0.2, 0) is 0 Å². The molecule has 2 N–H and O–H groups in total. The molecule has 0 radical (unpaired) electrons. The van der Waals surface area contributed by atoms with Crippen molar-refractivity contribution in [1.29, 1.82) is 0 Å². The minimum Gasteiger partial charge on any atom is -0.398 e. The zero-order chi connectivity index (χ0) is 12.0. The number of rotatable bonds is 4. The highest BCUT2D eigenvalue weighted by atomic mass is 16.1. The van der Waals surface area contributed by atoms with E-state index in [9.17, 15) is 4.79 Å². The molecule has 1 rings (SSSR count). The van der Waals surface area contributed by atoms with Gasteiger partial charge >= 0.3 is 0 Å². The van der Waals surface area contributed by atoms with Gasteiger partial charge in [-0.2, -0.15) is 0 Å². The molecule has 0 aliphatic carbocycles. The summed E-state index contributed by atoms with van der Waals surface area (Å²) in [5.74, 6) is 0. The van der Waals surface area contributed by atoms with Gasteiger partial charge in [0, 0.05) is 11.3 Å². The van der Waals surface area contributed by atoms with E-state index in [0.29, 0.717) is 11.3 Å². The number of carbonyl (C=O) groups excluding carboxylic acids is 1. The van der Waals surface area contributed by atoms with Gasteiger partial charge in [-0.1, -0.05) is 43.0 Å². The summed E-state index contributed by atoms with van der Waals surface area (Å²) in [5, 5.41) is 0. The third-order valence-electron chi connectivity index (χ3n) is 2.22. The molecular weight excluding hydrogens is 198 g/mol. The predicted molar refractivity (Wildman–Crippen MR) is 67.9 cm³/mol. The SMILES string of the molecule is C=C/C=C(C)\C(N)=C/c1ccc(C=O)cc1. The minimum atomic E-state index is 0.661. The van der Waals surface area contributed by atoms with Crippen molar-refractivity contribution in [3.05, 3.63) is 65.4 Å². The lowest BCUT2D eigenvalue weighted by Crippen LogP contribution is -1.98. The third-order valence-corrected chi connectivity index (χ3v) is 2.22. The standard InChI is InChI=1S/C14H15NO/c1-3-4-11(2)14(15)9-12-5-7-13(10-16)8-6-12/h3-10H,1,15H2,2H3/b11-4-,14-9+. The fourth-order valence-corrected chi connectivity index (χ4v) is 1.24. The molecule has 82 valence electrons. The molecule has 2 nitrogen and oxygen atoms in total. The van der Waals surface area contributed by atoms with Crippen LogP contribution in [0.5, 0.6) is 0 Å². The summed E-state index contributed by atoms with van der Waals surface area (Å²) in [7, 11) is 0. The van der Waals surface area contributed by atoms with Crippen molar-refractivity contribution in [2.75, 3.05) is 0 Å². The van der Waals surface area contributed by atoms with E-state index in [4.69, 9.17) is 5.73 Å². The first-order valence-corrected chi connectivity index (χ1v) is 4.99. The maximum atomic E-state index is 10.5. The van der Waals surface area contributed by atoms with Crippen molar-refractivity contribution in [2.45, 2.75) is 6.92 Å². The second kappa shape index (κ2) is 5.71. The number of hydrogen-bond acceptors (Lipinski definition) is 2. The molecule has 0 saturated carbocycles. The summed E-state index contributed by atoms with van der Waals surface area (Å²) in [6, 6.07) is 7.24. The molecule has 16 heavy (non-hydrogen) atoms. The third kappa shape index (κ3) is 3.24. The summed E-state index contributed by atoms with van der Waals surface area (Å²) in [6.07, 6.45) is 6.24. The van der Waals surface area contributed by atoms with Crippen molar-refractivity contribution in [2.24, 2.45) is 5.73 Å².